The van der Waals surface area contributed by atoms with E-state index in [1.807, 2.05) is 0 Å². The van der Waals surface area contributed by atoms with Crippen LogP contribution in [0.2, 0.25) is 0 Å². The number of fused-ring (bicyclic) bond motifs is 1. The lowest BCUT2D eigenvalue weighted by Crippen LogP contribution is -2.19. The SMILES string of the molecule is C1=[N+]2CCCC2=NCC1. The van der Waals surface area contributed by atoms with Gasteiger partial charge in [0.1, 0.15) is 6.54 Å². The molecule has 0 bridgehead atoms. The molecule has 2 aliphatic heterocycles. The maximum atomic E-state index is 4.40. The molecule has 0 atom stereocenters. The molecular formula is C7H11N2+. The van der Waals surface area contributed by atoms with Gasteiger partial charge >= 0.3 is 0 Å². The van der Waals surface area contributed by atoms with Crippen LogP contribution in [0.15, 0.2) is 4.99 Å². The molecule has 2 aliphatic rings. The van der Waals surface area contributed by atoms with Gasteiger partial charge in [0.05, 0.1) is 19.2 Å². The van der Waals surface area contributed by atoms with Crippen molar-refractivity contribution in [3.63, 3.8) is 0 Å². The summed E-state index contributed by atoms with van der Waals surface area (Å²) in [5.41, 5.74) is 0. The largest absolute Gasteiger partial charge is 0.292 e. The van der Waals surface area contributed by atoms with Crippen LogP contribution in [0.1, 0.15) is 19.3 Å². The molecule has 0 spiro atoms. The van der Waals surface area contributed by atoms with Gasteiger partial charge in [-0.25, -0.2) is 4.58 Å². The minimum Gasteiger partial charge on any atom is -0.239 e. The van der Waals surface area contributed by atoms with Gasteiger partial charge < -0.3 is 0 Å². The van der Waals surface area contributed by atoms with E-state index >= 15 is 0 Å². The smallest absolute Gasteiger partial charge is 0.239 e. The normalized spacial score (nSPS) is 24.9. The van der Waals surface area contributed by atoms with Crippen LogP contribution in [-0.2, 0) is 0 Å². The monoisotopic (exact) mass is 123 g/mol. The van der Waals surface area contributed by atoms with Crippen molar-refractivity contribution in [2.75, 3.05) is 13.1 Å². The minimum atomic E-state index is 1.02. The summed E-state index contributed by atoms with van der Waals surface area (Å²) in [5, 5.41) is 0. The van der Waals surface area contributed by atoms with Crippen LogP contribution in [-0.4, -0.2) is 29.7 Å². The highest BCUT2D eigenvalue weighted by molar-refractivity contribution is 5.80. The molecule has 0 unspecified atom stereocenters. The molecule has 2 heteroatoms. The Labute approximate surface area is 54.9 Å². The third-order valence-electron chi connectivity index (χ3n) is 1.90. The van der Waals surface area contributed by atoms with Crippen LogP contribution in [0, 0.1) is 0 Å². The second-order valence-electron chi connectivity index (χ2n) is 2.57. The molecule has 0 aromatic carbocycles. The standard InChI is InChI=1S/C7H11N2/c1-3-7-8-4-2-6-9(7)5-1/h6H,1-5H2/q+1. The summed E-state index contributed by atoms with van der Waals surface area (Å²) in [6.45, 7) is 2.23. The average molecular weight is 123 g/mol. The predicted molar refractivity (Wildman–Crippen MR) is 37.3 cm³/mol. The Bertz CT molecular complexity index is 159. The molecule has 0 aromatic rings. The zero-order valence-corrected chi connectivity index (χ0v) is 5.51. The zero-order chi connectivity index (χ0) is 6.10. The second kappa shape index (κ2) is 1.94. The van der Waals surface area contributed by atoms with E-state index < -0.39 is 0 Å². The van der Waals surface area contributed by atoms with E-state index in [0.717, 1.165) is 13.0 Å². The van der Waals surface area contributed by atoms with Crippen molar-refractivity contribution in [1.82, 2.24) is 0 Å². The Morgan fingerprint density at radius 2 is 2.56 bits per heavy atom. The molecule has 0 saturated carbocycles. The van der Waals surface area contributed by atoms with E-state index in [1.54, 1.807) is 0 Å². The van der Waals surface area contributed by atoms with Crippen molar-refractivity contribution in [1.29, 1.82) is 0 Å². The van der Waals surface area contributed by atoms with Gasteiger partial charge in [0.2, 0.25) is 0 Å². The summed E-state index contributed by atoms with van der Waals surface area (Å²) in [6.07, 6.45) is 5.92. The Kier molecular flexibility index (Phi) is 1.11. The Morgan fingerprint density at radius 1 is 1.56 bits per heavy atom. The van der Waals surface area contributed by atoms with Crippen molar-refractivity contribution in [3.05, 3.63) is 0 Å². The van der Waals surface area contributed by atoms with E-state index in [1.165, 1.54) is 25.2 Å². The fraction of sp³-hybridized carbons (Fsp3) is 0.714. The third-order valence-corrected chi connectivity index (χ3v) is 1.90. The number of aliphatic imine (C=N–C) groups is 1. The van der Waals surface area contributed by atoms with E-state index in [0.29, 0.717) is 0 Å². The first kappa shape index (κ1) is 5.15. The lowest BCUT2D eigenvalue weighted by atomic mass is 10.3. The molecular weight excluding hydrogens is 112 g/mol. The van der Waals surface area contributed by atoms with Gasteiger partial charge in [0.15, 0.2) is 0 Å². The topological polar surface area (TPSA) is 15.4 Å². The van der Waals surface area contributed by atoms with Crippen molar-refractivity contribution in [2.45, 2.75) is 19.3 Å². The maximum absolute atomic E-state index is 4.40. The van der Waals surface area contributed by atoms with E-state index in [-0.39, 0.29) is 0 Å². The first-order valence-corrected chi connectivity index (χ1v) is 3.60. The van der Waals surface area contributed by atoms with Crippen LogP contribution in [0.25, 0.3) is 0 Å². The Balaban J connectivity index is 2.30. The zero-order valence-electron chi connectivity index (χ0n) is 5.51. The number of nitrogens with zero attached hydrogens (tertiary/aromatic N) is 2. The van der Waals surface area contributed by atoms with Crippen molar-refractivity contribution < 1.29 is 4.58 Å². The molecule has 1 saturated heterocycles. The van der Waals surface area contributed by atoms with Gasteiger partial charge in [0, 0.05) is 6.42 Å². The first-order chi connectivity index (χ1) is 4.47. The fourth-order valence-electron chi connectivity index (χ4n) is 1.45. The fourth-order valence-corrected chi connectivity index (χ4v) is 1.45. The molecule has 2 heterocycles. The lowest BCUT2D eigenvalue weighted by Gasteiger charge is -1.98. The van der Waals surface area contributed by atoms with Crippen molar-refractivity contribution >= 4 is 12.1 Å². The van der Waals surface area contributed by atoms with Crippen LogP contribution in [0.4, 0.5) is 0 Å². The van der Waals surface area contributed by atoms with E-state index in [4.69, 9.17) is 0 Å². The summed E-state index contributed by atoms with van der Waals surface area (Å²) in [7, 11) is 0. The van der Waals surface area contributed by atoms with Crippen molar-refractivity contribution in [3.8, 4) is 0 Å². The van der Waals surface area contributed by atoms with Gasteiger partial charge in [-0.2, -0.15) is 0 Å². The summed E-state index contributed by atoms with van der Waals surface area (Å²) >= 11 is 0. The van der Waals surface area contributed by atoms with Gasteiger partial charge in [-0.15, -0.1) is 0 Å². The molecule has 2 rings (SSSR count). The number of amidine groups is 1. The predicted octanol–water partition coefficient (Wildman–Crippen LogP) is 0.666. The first-order valence-electron chi connectivity index (χ1n) is 3.60. The van der Waals surface area contributed by atoms with Crippen LogP contribution in [0.5, 0.6) is 0 Å². The highest BCUT2D eigenvalue weighted by atomic mass is 15.1. The number of hydrogen-bond acceptors (Lipinski definition) is 1. The number of rotatable bonds is 0. The van der Waals surface area contributed by atoms with Gasteiger partial charge in [-0.05, 0) is 6.42 Å². The highest BCUT2D eigenvalue weighted by Gasteiger charge is 2.23. The molecule has 9 heavy (non-hydrogen) atoms. The summed E-state index contributed by atoms with van der Waals surface area (Å²) in [4.78, 5) is 4.40. The lowest BCUT2D eigenvalue weighted by molar-refractivity contribution is -0.393. The Hall–Kier alpha value is -0.660. The minimum absolute atomic E-state index is 1.02. The average Bonchev–Trinajstić information content (AvgIpc) is 2.33. The van der Waals surface area contributed by atoms with Gasteiger partial charge in [-0.1, -0.05) is 4.99 Å². The quantitative estimate of drug-likeness (QED) is 0.421. The molecule has 0 amide bonds. The molecule has 2 nitrogen and oxygen atoms in total. The van der Waals surface area contributed by atoms with Crippen LogP contribution >= 0.6 is 0 Å². The number of hydrogen-bond donors (Lipinski definition) is 0. The van der Waals surface area contributed by atoms with Gasteiger partial charge in [0.25, 0.3) is 5.84 Å². The maximum Gasteiger partial charge on any atom is 0.292 e. The molecule has 0 aromatic heterocycles. The van der Waals surface area contributed by atoms with E-state index in [2.05, 4.69) is 15.8 Å². The molecule has 0 N–H and O–H groups in total. The second-order valence-corrected chi connectivity index (χ2v) is 2.57. The van der Waals surface area contributed by atoms with Crippen molar-refractivity contribution in [2.24, 2.45) is 4.99 Å². The summed E-state index contributed by atoms with van der Waals surface area (Å²) in [5.74, 6) is 1.32. The van der Waals surface area contributed by atoms with Gasteiger partial charge in [-0.3, -0.25) is 0 Å². The molecule has 1 fully saturated rings. The summed E-state index contributed by atoms with van der Waals surface area (Å²) in [6, 6.07) is 0. The van der Waals surface area contributed by atoms with Crippen LogP contribution < -0.4 is 0 Å². The molecule has 0 aliphatic carbocycles. The molecule has 48 valence electrons. The Morgan fingerprint density at radius 3 is 3.44 bits per heavy atom. The molecule has 0 radical (unpaired) electrons. The third kappa shape index (κ3) is 0.784. The summed E-state index contributed by atoms with van der Waals surface area (Å²) < 4.78 is 2.30. The van der Waals surface area contributed by atoms with Crippen LogP contribution in [0.3, 0.4) is 0 Å². The highest BCUT2D eigenvalue weighted by Crippen LogP contribution is 2.08. The van der Waals surface area contributed by atoms with E-state index in [9.17, 15) is 0 Å².